The molecule has 5 N–H and O–H groups in total. The maximum atomic E-state index is 10.9. The van der Waals surface area contributed by atoms with Gasteiger partial charge in [0.05, 0.1) is 86.5 Å². The summed E-state index contributed by atoms with van der Waals surface area (Å²) in [6, 6.07) is 41.6. The number of carboxylic acid groups (broad SMARTS) is 5. The number of quaternary nitrogens is 2. The van der Waals surface area contributed by atoms with Gasteiger partial charge in [-0.05, 0) is 110 Å². The van der Waals surface area contributed by atoms with Crippen molar-refractivity contribution in [2.24, 2.45) is 5.92 Å². The lowest BCUT2D eigenvalue weighted by Crippen LogP contribution is -3.00. The standard InChI is InChI=1S/C20H20P.C13H17NO6.C12H20NO2.C8H20N.C8H14O6.C5H14N.C2HF3O2.2BrH.HI/c1-2-21(18-12-6-3-7-13-18,19-14-8-4-9-15-19)20-16-10-5-11-17-20;1-19-5-3-2-4-6-20-9-7-10(12(15)16)14-11(8-9)13(17)18;1-15-11-5-9-13-8-3-2-6-12(13)7-4-10-14;1-5-9(6-2,7-3)8-4;1-13-4-5-14-3-2-6(7(9)10)8(11)12;1-5-6(2,3)4;3-2(4,5)1(6)7;;;/h3-17H,2H2,1H3;7-8H,2-6H2,1H3,(H,15,16)(H,17,18);2-3,6,8,14H,4-5,7,9-11H2,1H3;5-8H2,1-4H3;6H,2-5H2,1H3,(H,9,10)(H,11,12);5H2,1-4H3;(H,6,7);3*1H/q+1;;2*+1;;+1;;;;/p-4. The van der Waals surface area contributed by atoms with E-state index in [-0.39, 0.29) is 94.7 Å². The van der Waals surface area contributed by atoms with Crippen LogP contribution in [0.15, 0.2) is 128 Å². The van der Waals surface area contributed by atoms with Gasteiger partial charge >= 0.3 is 30.1 Å². The van der Waals surface area contributed by atoms with Gasteiger partial charge in [0.25, 0.3) is 0 Å². The number of alkyl halides is 3. The van der Waals surface area contributed by atoms with Crippen molar-refractivity contribution in [3.05, 3.63) is 145 Å². The van der Waals surface area contributed by atoms with E-state index in [2.05, 4.69) is 180 Å². The molecule has 2 aromatic heterocycles. The number of hydrogen-bond donors (Lipinski definition) is 5. The molecule has 0 spiro atoms. The molecule has 20 nitrogen and oxygen atoms in total. The lowest BCUT2D eigenvalue weighted by atomic mass is 10.1. The van der Waals surface area contributed by atoms with Crippen LogP contribution in [0.2, 0.25) is 0 Å². The first kappa shape index (κ1) is 98.4. The van der Waals surface area contributed by atoms with Gasteiger partial charge in [-0.3, -0.25) is 9.59 Å². The van der Waals surface area contributed by atoms with E-state index < -0.39 is 49.2 Å². The summed E-state index contributed by atoms with van der Waals surface area (Å²) in [7, 11) is 9.88. The Hall–Kier alpha value is -5.26. The third kappa shape index (κ3) is 43.6. The molecule has 2 heterocycles. The highest BCUT2D eigenvalue weighted by Gasteiger charge is 2.43. The minimum atomic E-state index is -5.19. The molecule has 27 heteroatoms. The molecule has 5 rings (SSSR count). The number of carboxylic acids is 5. The zero-order valence-electron chi connectivity index (χ0n) is 57.3. The van der Waals surface area contributed by atoms with E-state index in [1.54, 1.807) is 14.2 Å². The van der Waals surface area contributed by atoms with Crippen molar-refractivity contribution in [1.82, 2.24) is 4.98 Å². The van der Waals surface area contributed by atoms with Gasteiger partial charge in [-0.15, -0.1) is 0 Å². The van der Waals surface area contributed by atoms with E-state index in [1.807, 2.05) is 12.1 Å². The van der Waals surface area contributed by atoms with Crippen molar-refractivity contribution in [3.8, 4) is 5.75 Å². The minimum absolute atomic E-state index is 0. The smallest absolute Gasteiger partial charge is 0.430 e. The molecular formula is C68H105Br2F3IN4O16P. The number of benzene rings is 3. The van der Waals surface area contributed by atoms with E-state index in [1.165, 1.54) is 78.1 Å². The van der Waals surface area contributed by atoms with E-state index in [9.17, 15) is 32.3 Å². The summed E-state index contributed by atoms with van der Waals surface area (Å²) in [5.74, 6) is -9.47. The zero-order valence-corrected chi connectivity index (χ0v) is 63.5. The molecule has 0 bridgehead atoms. The number of aromatic nitrogens is 2. The SMILES string of the molecule is CC[N+](C)(C)C.CC[N+](CC)(CC)CC.CC[P+](c1ccccc1)(c1ccccc1)c1ccccc1.COCCCCCOc1cc(C(=O)O)nc(C(=O)O)c1.COCCC[n+]1ccccc1CCCO.COCCOCCC(C(=O)O)C(=O)O.O=C([O-])C(F)(F)F.[Br-].[Br-].[I-]. The number of ether oxygens (including phenoxy) is 5. The Bertz CT molecular complexity index is 2600. The molecule has 5 aromatic rings. The number of aromatic carboxylic acids is 2. The summed E-state index contributed by atoms with van der Waals surface area (Å²) >= 11 is 0. The van der Waals surface area contributed by atoms with Crippen molar-refractivity contribution in [2.75, 3.05) is 128 Å². The first-order chi connectivity index (χ1) is 43.6. The van der Waals surface area contributed by atoms with Crippen LogP contribution in [-0.4, -0.2) is 203 Å². The van der Waals surface area contributed by atoms with Crippen molar-refractivity contribution in [1.29, 1.82) is 0 Å². The van der Waals surface area contributed by atoms with Crippen molar-refractivity contribution in [3.63, 3.8) is 0 Å². The number of hydrogen-bond acceptors (Lipinski definition) is 13. The number of aliphatic hydroxyl groups is 1. The number of aliphatic hydroxyl groups excluding tert-OH is 1. The normalized spacial score (nSPS) is 10.6. The largest absolute Gasteiger partial charge is 1.00 e. The molecule has 95 heavy (non-hydrogen) atoms. The molecule has 0 aliphatic heterocycles. The Kier molecular flexibility index (Phi) is 59.8. The van der Waals surface area contributed by atoms with Crippen LogP contribution in [0.5, 0.6) is 5.75 Å². The van der Waals surface area contributed by atoms with Gasteiger partial charge in [-0.1, -0.05) is 60.7 Å². The summed E-state index contributed by atoms with van der Waals surface area (Å²) in [4.78, 5) is 54.8. The predicted molar refractivity (Wildman–Crippen MR) is 352 cm³/mol. The molecule has 0 saturated carbocycles. The van der Waals surface area contributed by atoms with Gasteiger partial charge in [0.2, 0.25) is 0 Å². The average molecular weight is 1610 g/mol. The Morgan fingerprint density at radius 1 is 0.579 bits per heavy atom. The third-order valence-electron chi connectivity index (χ3n) is 14.4. The number of halogens is 6. The van der Waals surface area contributed by atoms with Gasteiger partial charge in [-0.25, -0.2) is 19.1 Å². The topological polar surface area (TPSA) is 272 Å². The van der Waals surface area contributed by atoms with Gasteiger partial charge in [0.15, 0.2) is 35.7 Å². The van der Waals surface area contributed by atoms with Crippen LogP contribution in [-0.2, 0) is 46.3 Å². The highest BCUT2D eigenvalue weighted by Crippen LogP contribution is 2.54. The van der Waals surface area contributed by atoms with E-state index in [0.29, 0.717) is 26.4 Å². The number of rotatable bonds is 33. The second kappa shape index (κ2) is 57.8. The number of aryl methyl sites for hydroxylation is 2. The van der Waals surface area contributed by atoms with Crippen molar-refractivity contribution in [2.45, 2.75) is 99.2 Å². The number of nitrogens with zero attached hydrogens (tertiary/aromatic N) is 4. The third-order valence-corrected chi connectivity index (χ3v) is 18.9. The van der Waals surface area contributed by atoms with E-state index >= 15 is 0 Å². The number of pyridine rings is 2. The summed E-state index contributed by atoms with van der Waals surface area (Å²) < 4.78 is 61.1. The highest BCUT2D eigenvalue weighted by molar-refractivity contribution is 7.95. The molecule has 0 aliphatic carbocycles. The molecule has 0 fully saturated rings. The number of methoxy groups -OCH3 is 3. The lowest BCUT2D eigenvalue weighted by Gasteiger charge is -2.34. The molecule has 0 saturated heterocycles. The summed E-state index contributed by atoms with van der Waals surface area (Å²) in [5, 5.41) is 56.7. The van der Waals surface area contributed by atoms with Crippen LogP contribution in [0.25, 0.3) is 0 Å². The maximum Gasteiger partial charge on any atom is 0.430 e. The number of carbonyl (C=O) groups is 5. The molecule has 0 amide bonds. The van der Waals surface area contributed by atoms with Gasteiger partial charge < -0.3 is 126 Å². The predicted octanol–water partition coefficient (Wildman–Crippen LogP) is -0.660. The molecule has 540 valence electrons. The molecule has 3 aromatic carbocycles. The van der Waals surface area contributed by atoms with Crippen LogP contribution in [0.3, 0.4) is 0 Å². The number of carbonyl (C=O) groups excluding carboxylic acids is 1. The Morgan fingerprint density at radius 3 is 1.32 bits per heavy atom. The first-order valence-corrected chi connectivity index (χ1v) is 32.8. The zero-order chi connectivity index (χ0) is 70.0. The number of unbranched alkanes of at least 4 members (excludes halogenated alkanes) is 2. The molecule has 0 radical (unpaired) electrons. The van der Waals surface area contributed by atoms with E-state index in [0.717, 1.165) is 62.3 Å². The Morgan fingerprint density at radius 2 is 0.979 bits per heavy atom. The summed E-state index contributed by atoms with van der Waals surface area (Å²) in [6.07, 6.45) is 3.39. The monoisotopic (exact) mass is 1610 g/mol. The van der Waals surface area contributed by atoms with E-state index in [4.69, 9.17) is 54.4 Å². The Balaban J connectivity index is -0.000000343. The molecule has 0 atom stereocenters. The van der Waals surface area contributed by atoms with Crippen LogP contribution in [0.1, 0.15) is 107 Å². The van der Waals surface area contributed by atoms with Gasteiger partial charge in [-0.2, -0.15) is 13.2 Å². The fourth-order valence-electron chi connectivity index (χ4n) is 8.30. The maximum absolute atomic E-state index is 10.9. The molecule has 0 aliphatic rings. The quantitative estimate of drug-likeness (QED) is 0.00872. The van der Waals surface area contributed by atoms with Crippen LogP contribution in [0.4, 0.5) is 13.2 Å². The summed E-state index contributed by atoms with van der Waals surface area (Å²) in [5.41, 5.74) is 0.584. The highest BCUT2D eigenvalue weighted by atomic mass is 127. The number of aliphatic carboxylic acids is 3. The second-order valence-electron chi connectivity index (χ2n) is 21.4. The molecular weight excluding hydrogens is 1500 g/mol. The van der Waals surface area contributed by atoms with Gasteiger partial charge in [0, 0.05) is 78.3 Å². The second-order valence-corrected chi connectivity index (χ2v) is 25.2. The average Bonchev–Trinajstić information content (AvgIpc) is 0.764. The molecule has 0 unspecified atom stereocenters. The lowest BCUT2D eigenvalue weighted by molar-refractivity contribution is -0.921. The van der Waals surface area contributed by atoms with Crippen LogP contribution < -0.4 is 88.3 Å². The van der Waals surface area contributed by atoms with Crippen LogP contribution in [0, 0.1) is 5.92 Å². The van der Waals surface area contributed by atoms with Gasteiger partial charge in [0.1, 0.15) is 34.9 Å². The van der Waals surface area contributed by atoms with Crippen LogP contribution >= 0.6 is 7.26 Å². The van der Waals surface area contributed by atoms with Crippen molar-refractivity contribution >= 4 is 53.0 Å². The Labute approximate surface area is 600 Å². The fourth-order valence-corrected chi connectivity index (χ4v) is 12.3. The minimum Gasteiger partial charge on any atom is -1.00 e. The fraction of sp³-hybridized carbons (Fsp3) is 0.515. The first-order valence-electron chi connectivity index (χ1n) is 30.8. The van der Waals surface area contributed by atoms with Crippen molar-refractivity contribution < 1.29 is 163 Å². The summed E-state index contributed by atoms with van der Waals surface area (Å²) in [6.45, 7) is 23.9.